The van der Waals surface area contributed by atoms with Crippen LogP contribution in [-0.2, 0) is 4.74 Å². The van der Waals surface area contributed by atoms with Crippen LogP contribution in [-0.4, -0.2) is 36.5 Å². The van der Waals surface area contributed by atoms with E-state index in [4.69, 9.17) is 4.74 Å². The third-order valence-corrected chi connectivity index (χ3v) is 1.97. The molecule has 1 saturated heterocycles. The summed E-state index contributed by atoms with van der Waals surface area (Å²) >= 11 is 0. The van der Waals surface area contributed by atoms with Crippen molar-refractivity contribution in [2.24, 2.45) is 0 Å². The van der Waals surface area contributed by atoms with Gasteiger partial charge in [-0.25, -0.2) is 4.39 Å². The fourth-order valence-corrected chi connectivity index (χ4v) is 1.22. The summed E-state index contributed by atoms with van der Waals surface area (Å²) in [6.07, 6.45) is -1.09. The minimum atomic E-state index is -1.09. The Morgan fingerprint density at radius 3 is 2.45 bits per heavy atom. The predicted octanol–water partition coefficient (Wildman–Crippen LogP) is 1.41. The van der Waals surface area contributed by atoms with Crippen molar-refractivity contribution in [3.8, 4) is 0 Å². The summed E-state index contributed by atoms with van der Waals surface area (Å²) in [5.41, 5.74) is 0.0636. The van der Waals surface area contributed by atoms with E-state index >= 15 is 0 Å². The Hall–Kier alpha value is -0.150. The first-order valence-corrected chi connectivity index (χ1v) is 4.01. The van der Waals surface area contributed by atoms with Crippen molar-refractivity contribution in [3.63, 3.8) is 0 Å². The third-order valence-electron chi connectivity index (χ3n) is 1.97. The lowest BCUT2D eigenvalue weighted by molar-refractivity contribution is -0.117. The zero-order chi connectivity index (χ0) is 8.48. The van der Waals surface area contributed by atoms with Crippen molar-refractivity contribution in [1.82, 2.24) is 4.90 Å². The smallest absolute Gasteiger partial charge is 0.211 e. The molecule has 0 radical (unpaired) electrons. The first-order valence-electron chi connectivity index (χ1n) is 4.01. The number of rotatable bonds is 0. The van der Waals surface area contributed by atoms with Gasteiger partial charge in [-0.15, -0.1) is 0 Å². The molecule has 0 aromatic heterocycles. The molecule has 1 aliphatic heterocycles. The lowest BCUT2D eigenvalue weighted by atomic mass is 10.1. The second-order valence-corrected chi connectivity index (χ2v) is 3.90. The summed E-state index contributed by atoms with van der Waals surface area (Å²) in [6.45, 7) is 8.02. The summed E-state index contributed by atoms with van der Waals surface area (Å²) in [4.78, 5) is 2.10. The molecule has 0 amide bonds. The van der Waals surface area contributed by atoms with Crippen LogP contribution in [0.2, 0.25) is 0 Å². The topological polar surface area (TPSA) is 12.5 Å². The number of hydrogen-bond donors (Lipinski definition) is 0. The first-order chi connectivity index (χ1) is 5.00. The number of halogens is 1. The standard InChI is InChI=1S/C8H16FNO/c1-8(2,3)10-4-5-11-7(9)6-10/h7H,4-6H2,1-3H3. The van der Waals surface area contributed by atoms with Crippen LogP contribution >= 0.6 is 0 Å². The largest absolute Gasteiger partial charge is 0.346 e. The molecular formula is C8H16FNO. The highest BCUT2D eigenvalue weighted by Crippen LogP contribution is 2.17. The van der Waals surface area contributed by atoms with E-state index in [9.17, 15) is 4.39 Å². The van der Waals surface area contributed by atoms with Crippen LogP contribution in [0, 0.1) is 0 Å². The maximum absolute atomic E-state index is 12.7. The van der Waals surface area contributed by atoms with Crippen LogP contribution in [0.4, 0.5) is 4.39 Å². The quantitative estimate of drug-likeness (QED) is 0.532. The van der Waals surface area contributed by atoms with E-state index in [1.807, 2.05) is 0 Å². The van der Waals surface area contributed by atoms with Gasteiger partial charge in [0.25, 0.3) is 0 Å². The molecule has 0 spiro atoms. The van der Waals surface area contributed by atoms with Crippen molar-refractivity contribution in [2.75, 3.05) is 19.7 Å². The van der Waals surface area contributed by atoms with Gasteiger partial charge in [0.15, 0.2) is 0 Å². The van der Waals surface area contributed by atoms with Crippen LogP contribution in [0.15, 0.2) is 0 Å². The Bertz CT molecular complexity index is 133. The lowest BCUT2D eigenvalue weighted by Crippen LogP contribution is -2.50. The summed E-state index contributed by atoms with van der Waals surface area (Å²) in [5.74, 6) is 0. The average molecular weight is 161 g/mol. The number of alkyl halides is 1. The van der Waals surface area contributed by atoms with Crippen LogP contribution < -0.4 is 0 Å². The summed E-state index contributed by atoms with van der Waals surface area (Å²) in [7, 11) is 0. The Balaban J connectivity index is 2.46. The molecule has 1 fully saturated rings. The van der Waals surface area contributed by atoms with Gasteiger partial charge in [-0.1, -0.05) is 0 Å². The number of hydrogen-bond acceptors (Lipinski definition) is 2. The molecule has 0 bridgehead atoms. The Labute approximate surface area is 67.3 Å². The van der Waals surface area contributed by atoms with Gasteiger partial charge in [0, 0.05) is 12.1 Å². The molecule has 1 heterocycles. The molecule has 0 aromatic rings. The Kier molecular flexibility index (Phi) is 2.50. The molecule has 3 heteroatoms. The van der Waals surface area contributed by atoms with E-state index in [-0.39, 0.29) is 5.54 Å². The SMILES string of the molecule is CC(C)(C)N1CCOC(F)C1. The van der Waals surface area contributed by atoms with Crippen LogP contribution in [0.25, 0.3) is 0 Å². The fraction of sp³-hybridized carbons (Fsp3) is 1.00. The average Bonchev–Trinajstić information content (AvgIpc) is 1.86. The van der Waals surface area contributed by atoms with E-state index < -0.39 is 6.36 Å². The molecular weight excluding hydrogens is 145 g/mol. The molecule has 0 N–H and O–H groups in total. The molecule has 1 aliphatic rings. The maximum Gasteiger partial charge on any atom is 0.211 e. The second kappa shape index (κ2) is 3.07. The molecule has 66 valence electrons. The van der Waals surface area contributed by atoms with Gasteiger partial charge in [-0.3, -0.25) is 4.90 Å². The number of ether oxygens (including phenoxy) is 1. The zero-order valence-electron chi connectivity index (χ0n) is 7.43. The number of nitrogens with zero attached hydrogens (tertiary/aromatic N) is 1. The van der Waals surface area contributed by atoms with E-state index in [1.54, 1.807) is 0 Å². The highest BCUT2D eigenvalue weighted by Gasteiger charge is 2.27. The van der Waals surface area contributed by atoms with Gasteiger partial charge in [-0.05, 0) is 20.8 Å². The molecule has 1 atom stereocenters. The predicted molar refractivity (Wildman–Crippen MR) is 42.2 cm³/mol. The minimum absolute atomic E-state index is 0.0636. The van der Waals surface area contributed by atoms with Crippen molar-refractivity contribution in [2.45, 2.75) is 32.7 Å². The highest BCUT2D eigenvalue weighted by atomic mass is 19.1. The van der Waals surface area contributed by atoms with Gasteiger partial charge in [0.2, 0.25) is 6.36 Å². The third kappa shape index (κ3) is 2.42. The summed E-state index contributed by atoms with van der Waals surface area (Å²) in [6, 6.07) is 0. The van der Waals surface area contributed by atoms with Crippen LogP contribution in [0.1, 0.15) is 20.8 Å². The zero-order valence-corrected chi connectivity index (χ0v) is 7.43. The lowest BCUT2D eigenvalue weighted by Gasteiger charge is -2.39. The molecule has 0 aromatic carbocycles. The molecule has 2 nitrogen and oxygen atoms in total. The fourth-order valence-electron chi connectivity index (χ4n) is 1.22. The Morgan fingerprint density at radius 1 is 1.45 bits per heavy atom. The van der Waals surface area contributed by atoms with E-state index in [1.165, 1.54) is 0 Å². The van der Waals surface area contributed by atoms with Gasteiger partial charge >= 0.3 is 0 Å². The first kappa shape index (κ1) is 8.94. The van der Waals surface area contributed by atoms with Crippen LogP contribution in [0.5, 0.6) is 0 Å². The molecule has 0 saturated carbocycles. The monoisotopic (exact) mass is 161 g/mol. The minimum Gasteiger partial charge on any atom is -0.346 e. The van der Waals surface area contributed by atoms with E-state index in [0.717, 1.165) is 6.54 Å². The van der Waals surface area contributed by atoms with Gasteiger partial charge < -0.3 is 4.74 Å². The number of morpholine rings is 1. The highest BCUT2D eigenvalue weighted by molar-refractivity contribution is 4.78. The second-order valence-electron chi connectivity index (χ2n) is 3.90. The van der Waals surface area contributed by atoms with Crippen molar-refractivity contribution in [3.05, 3.63) is 0 Å². The maximum atomic E-state index is 12.7. The van der Waals surface area contributed by atoms with Crippen molar-refractivity contribution >= 4 is 0 Å². The normalized spacial score (nSPS) is 28.9. The van der Waals surface area contributed by atoms with Gasteiger partial charge in [0.1, 0.15) is 0 Å². The molecule has 0 aliphatic carbocycles. The van der Waals surface area contributed by atoms with E-state index in [2.05, 4.69) is 25.7 Å². The van der Waals surface area contributed by atoms with Gasteiger partial charge in [0.05, 0.1) is 13.2 Å². The van der Waals surface area contributed by atoms with Crippen LogP contribution in [0.3, 0.4) is 0 Å². The molecule has 1 unspecified atom stereocenters. The summed E-state index contributed by atoms with van der Waals surface area (Å²) < 4.78 is 17.5. The molecule has 11 heavy (non-hydrogen) atoms. The Morgan fingerprint density at radius 2 is 2.09 bits per heavy atom. The van der Waals surface area contributed by atoms with Crippen molar-refractivity contribution < 1.29 is 9.13 Å². The van der Waals surface area contributed by atoms with Crippen molar-refractivity contribution in [1.29, 1.82) is 0 Å². The van der Waals surface area contributed by atoms with Gasteiger partial charge in [-0.2, -0.15) is 0 Å². The molecule has 1 rings (SSSR count). The summed E-state index contributed by atoms with van der Waals surface area (Å²) in [5, 5.41) is 0. The van der Waals surface area contributed by atoms with E-state index in [0.29, 0.717) is 13.2 Å².